The van der Waals surface area contributed by atoms with Gasteiger partial charge in [-0.3, -0.25) is 10.2 Å². The minimum absolute atomic E-state index is 0.0229. The van der Waals surface area contributed by atoms with Gasteiger partial charge in [0, 0.05) is 5.71 Å². The Hall–Kier alpha value is -1.17. The van der Waals surface area contributed by atoms with Crippen LogP contribution < -0.4 is 11.2 Å². The van der Waals surface area contributed by atoms with Crippen LogP contribution >= 0.6 is 12.2 Å². The molecule has 0 heterocycles. The largest absolute Gasteiger partial charge is 0.481 e. The predicted octanol–water partition coefficient (Wildman–Crippen LogP) is -0.330. The van der Waals surface area contributed by atoms with Crippen LogP contribution in [0.4, 0.5) is 0 Å². The van der Waals surface area contributed by atoms with Gasteiger partial charge in [-0.2, -0.15) is 5.10 Å². The Morgan fingerprint density at radius 1 is 1.82 bits per heavy atom. The molecule has 0 saturated heterocycles. The van der Waals surface area contributed by atoms with E-state index in [-0.39, 0.29) is 11.5 Å². The summed E-state index contributed by atoms with van der Waals surface area (Å²) in [6.07, 6.45) is -0.115. The lowest BCUT2D eigenvalue weighted by molar-refractivity contribution is -0.135. The lowest BCUT2D eigenvalue weighted by Crippen LogP contribution is -2.25. The smallest absolute Gasteiger partial charge is 0.309 e. The van der Waals surface area contributed by atoms with Crippen molar-refractivity contribution in [1.29, 1.82) is 0 Å². The highest BCUT2D eigenvalue weighted by atomic mass is 32.1. The van der Waals surface area contributed by atoms with Crippen LogP contribution in [-0.2, 0) is 4.79 Å². The third kappa shape index (κ3) is 6.72. The summed E-state index contributed by atoms with van der Waals surface area (Å²) in [4.78, 5) is 10.1. The molecule has 0 aromatic carbocycles. The van der Waals surface area contributed by atoms with Crippen molar-refractivity contribution < 1.29 is 9.90 Å². The molecule has 4 N–H and O–H groups in total. The molecule has 0 rings (SSSR count). The molecule has 0 amide bonds. The summed E-state index contributed by atoms with van der Waals surface area (Å²) in [5.74, 6) is -0.934. The van der Waals surface area contributed by atoms with E-state index in [9.17, 15) is 4.79 Å². The lowest BCUT2D eigenvalue weighted by Gasteiger charge is -1.96. The molecule has 0 radical (unpaired) electrons. The fraction of sp³-hybridized carbons (Fsp3) is 0.400. The summed E-state index contributed by atoms with van der Waals surface area (Å²) in [5.41, 5.74) is 7.74. The van der Waals surface area contributed by atoms with E-state index in [1.54, 1.807) is 6.92 Å². The van der Waals surface area contributed by atoms with Crippen molar-refractivity contribution in [3.8, 4) is 0 Å². The molecule has 0 fully saturated rings. The van der Waals surface area contributed by atoms with E-state index < -0.39 is 5.97 Å². The molecule has 11 heavy (non-hydrogen) atoms. The average molecular weight is 175 g/mol. The topological polar surface area (TPSA) is 87.7 Å². The number of carbonyl (C=O) groups is 1. The Balaban J connectivity index is 3.81. The third-order valence-electron chi connectivity index (χ3n) is 0.764. The Morgan fingerprint density at radius 2 is 2.36 bits per heavy atom. The van der Waals surface area contributed by atoms with Gasteiger partial charge in [0.05, 0.1) is 6.42 Å². The number of carboxylic acids is 1. The molecule has 0 atom stereocenters. The van der Waals surface area contributed by atoms with Gasteiger partial charge in [-0.05, 0) is 19.1 Å². The van der Waals surface area contributed by atoms with Crippen LogP contribution in [0.2, 0.25) is 0 Å². The van der Waals surface area contributed by atoms with Gasteiger partial charge in [0.15, 0.2) is 5.11 Å². The Labute approximate surface area is 69.3 Å². The molecule has 0 aromatic rings. The van der Waals surface area contributed by atoms with Gasteiger partial charge in [0.1, 0.15) is 0 Å². The van der Waals surface area contributed by atoms with Crippen molar-refractivity contribution in [2.75, 3.05) is 0 Å². The SMILES string of the molecule is C/C(CC(=O)O)=N\NC(N)=S. The molecule has 0 saturated carbocycles. The molecule has 6 heteroatoms. The Bertz CT molecular complexity index is 202. The van der Waals surface area contributed by atoms with Gasteiger partial charge in [0.2, 0.25) is 0 Å². The van der Waals surface area contributed by atoms with Crippen LogP contribution in [0.5, 0.6) is 0 Å². The number of rotatable bonds is 3. The molecule has 0 unspecified atom stereocenters. The Kier molecular flexibility index (Phi) is 4.12. The van der Waals surface area contributed by atoms with Crippen LogP contribution in [0.1, 0.15) is 13.3 Å². The second-order valence-electron chi connectivity index (χ2n) is 1.89. The predicted molar refractivity (Wildman–Crippen MR) is 45.3 cm³/mol. The van der Waals surface area contributed by atoms with Crippen molar-refractivity contribution in [3.05, 3.63) is 0 Å². The third-order valence-corrected chi connectivity index (χ3v) is 0.855. The van der Waals surface area contributed by atoms with Crippen LogP contribution in [0.3, 0.4) is 0 Å². The summed E-state index contributed by atoms with van der Waals surface area (Å²) < 4.78 is 0. The normalized spacial score (nSPS) is 10.8. The minimum Gasteiger partial charge on any atom is -0.481 e. The van der Waals surface area contributed by atoms with Crippen molar-refractivity contribution >= 4 is 29.0 Å². The van der Waals surface area contributed by atoms with Crippen molar-refractivity contribution in [1.82, 2.24) is 5.43 Å². The molecule has 0 aliphatic carbocycles. The van der Waals surface area contributed by atoms with Gasteiger partial charge in [0.25, 0.3) is 0 Å². The summed E-state index contributed by atoms with van der Waals surface area (Å²) in [5, 5.41) is 11.9. The number of hydrogen-bond donors (Lipinski definition) is 3. The number of nitrogens with two attached hydrogens (primary N) is 1. The van der Waals surface area contributed by atoms with Crippen LogP contribution in [0.15, 0.2) is 5.10 Å². The van der Waals surface area contributed by atoms with Gasteiger partial charge in [-0.15, -0.1) is 0 Å². The number of hydrogen-bond acceptors (Lipinski definition) is 3. The number of nitrogens with one attached hydrogen (secondary N) is 1. The van der Waals surface area contributed by atoms with Gasteiger partial charge in [-0.25, -0.2) is 0 Å². The molecule has 5 nitrogen and oxygen atoms in total. The fourth-order valence-corrected chi connectivity index (χ4v) is 0.455. The van der Waals surface area contributed by atoms with Crippen molar-refractivity contribution in [2.24, 2.45) is 10.8 Å². The lowest BCUT2D eigenvalue weighted by atomic mass is 10.3. The monoisotopic (exact) mass is 175 g/mol. The zero-order chi connectivity index (χ0) is 8.85. The average Bonchev–Trinajstić information content (AvgIpc) is 1.82. The molecular weight excluding hydrogens is 166 g/mol. The summed E-state index contributed by atoms with van der Waals surface area (Å²) in [6, 6.07) is 0. The maximum absolute atomic E-state index is 10.1. The van der Waals surface area contributed by atoms with E-state index in [1.165, 1.54) is 0 Å². The molecule has 0 spiro atoms. The first-order valence-corrected chi connectivity index (χ1v) is 3.23. The second kappa shape index (κ2) is 4.62. The first-order valence-electron chi connectivity index (χ1n) is 2.82. The van der Waals surface area contributed by atoms with Gasteiger partial charge in [-0.1, -0.05) is 0 Å². The van der Waals surface area contributed by atoms with E-state index >= 15 is 0 Å². The van der Waals surface area contributed by atoms with Gasteiger partial charge >= 0.3 is 5.97 Å². The van der Waals surface area contributed by atoms with E-state index in [0.717, 1.165) is 0 Å². The quantitative estimate of drug-likeness (QED) is 0.310. The first kappa shape index (κ1) is 9.83. The highest BCUT2D eigenvalue weighted by Crippen LogP contribution is 1.83. The molecule has 0 aliphatic rings. The number of hydrazone groups is 1. The zero-order valence-corrected chi connectivity index (χ0v) is 6.81. The second-order valence-corrected chi connectivity index (χ2v) is 2.33. The minimum atomic E-state index is -0.934. The van der Waals surface area contributed by atoms with E-state index in [1.807, 2.05) is 0 Å². The van der Waals surface area contributed by atoms with Crippen LogP contribution in [0, 0.1) is 0 Å². The Morgan fingerprint density at radius 3 is 2.73 bits per heavy atom. The first-order chi connectivity index (χ1) is 5.02. The zero-order valence-electron chi connectivity index (χ0n) is 6.00. The van der Waals surface area contributed by atoms with E-state index in [4.69, 9.17) is 10.8 Å². The van der Waals surface area contributed by atoms with E-state index in [2.05, 4.69) is 22.7 Å². The molecular formula is C5H9N3O2S. The van der Waals surface area contributed by atoms with Crippen molar-refractivity contribution in [3.63, 3.8) is 0 Å². The maximum Gasteiger partial charge on any atom is 0.309 e. The summed E-state index contributed by atoms with van der Waals surface area (Å²) in [6.45, 7) is 1.57. The fourth-order valence-electron chi connectivity index (χ4n) is 0.409. The highest BCUT2D eigenvalue weighted by Gasteiger charge is 1.98. The molecule has 0 aromatic heterocycles. The van der Waals surface area contributed by atoms with Gasteiger partial charge < -0.3 is 10.8 Å². The standard InChI is InChI=1S/C5H9N3O2S/c1-3(2-4(9)10)7-8-5(6)11/h2H2,1H3,(H,9,10)(H3,6,8,11)/b7-3+. The van der Waals surface area contributed by atoms with Crippen LogP contribution in [-0.4, -0.2) is 21.9 Å². The van der Waals surface area contributed by atoms with Crippen LogP contribution in [0.25, 0.3) is 0 Å². The summed E-state index contributed by atoms with van der Waals surface area (Å²) in [7, 11) is 0. The molecule has 0 aliphatic heterocycles. The number of aliphatic carboxylic acids is 1. The van der Waals surface area contributed by atoms with Crippen molar-refractivity contribution in [2.45, 2.75) is 13.3 Å². The number of nitrogens with zero attached hydrogens (tertiary/aromatic N) is 1. The van der Waals surface area contributed by atoms with E-state index in [0.29, 0.717) is 5.71 Å². The number of carboxylic acid groups (broad SMARTS) is 1. The molecule has 62 valence electrons. The molecule has 0 bridgehead atoms. The summed E-state index contributed by atoms with van der Waals surface area (Å²) >= 11 is 4.44. The number of thiocarbonyl (C=S) groups is 1. The highest BCUT2D eigenvalue weighted by molar-refractivity contribution is 7.80. The maximum atomic E-state index is 10.1.